The van der Waals surface area contributed by atoms with Crippen LogP contribution in [-0.2, 0) is 0 Å². The van der Waals surface area contributed by atoms with E-state index in [0.717, 1.165) is 6.54 Å². The van der Waals surface area contributed by atoms with Crippen molar-refractivity contribution in [3.05, 3.63) is 18.0 Å². The minimum Gasteiger partial charge on any atom is -0.330 e. The maximum absolute atomic E-state index is 5.67. The Morgan fingerprint density at radius 3 is 2.83 bits per heavy atom. The first kappa shape index (κ1) is 7.80. The molecule has 2 rings (SSSR count). The predicted octanol–water partition coefficient (Wildman–Crippen LogP) is 1.11. The van der Waals surface area contributed by atoms with E-state index >= 15 is 0 Å². The van der Waals surface area contributed by atoms with Crippen molar-refractivity contribution in [2.75, 3.05) is 6.54 Å². The number of aromatic amines is 1. The molecule has 0 radical (unpaired) electrons. The summed E-state index contributed by atoms with van der Waals surface area (Å²) in [4.78, 5) is 0. The normalized spacial score (nSPS) is 31.9. The van der Waals surface area contributed by atoms with Gasteiger partial charge in [-0.05, 0) is 23.9 Å². The molecular formula is C9H15N3. The van der Waals surface area contributed by atoms with Crippen molar-refractivity contribution in [3.63, 3.8) is 0 Å². The number of H-pyrrole nitrogens is 1. The Balaban J connectivity index is 2.19. The Bertz CT molecular complexity index is 263. The van der Waals surface area contributed by atoms with Crippen molar-refractivity contribution in [2.24, 2.45) is 17.1 Å². The summed E-state index contributed by atoms with van der Waals surface area (Å²) in [6.45, 7) is 5.29. The fourth-order valence-electron chi connectivity index (χ4n) is 2.24. The zero-order valence-electron chi connectivity index (χ0n) is 7.54. The van der Waals surface area contributed by atoms with Crippen LogP contribution in [0.15, 0.2) is 12.3 Å². The Morgan fingerprint density at radius 2 is 2.42 bits per heavy atom. The molecule has 1 aliphatic rings. The highest BCUT2D eigenvalue weighted by Crippen LogP contribution is 2.63. The average Bonchev–Trinajstić information content (AvgIpc) is 2.50. The maximum Gasteiger partial charge on any atom is 0.0490 e. The summed E-state index contributed by atoms with van der Waals surface area (Å²) in [5, 5.41) is 6.97. The lowest BCUT2D eigenvalue weighted by atomic mass is 10.1. The second-order valence-corrected chi connectivity index (χ2v) is 4.15. The summed E-state index contributed by atoms with van der Waals surface area (Å²) < 4.78 is 0. The first-order chi connectivity index (χ1) is 5.68. The van der Waals surface area contributed by atoms with Gasteiger partial charge in [0.05, 0.1) is 0 Å². The molecule has 3 N–H and O–H groups in total. The molecule has 3 heteroatoms. The van der Waals surface area contributed by atoms with E-state index in [9.17, 15) is 0 Å². The summed E-state index contributed by atoms with van der Waals surface area (Å²) in [5.74, 6) is 1.21. The second kappa shape index (κ2) is 2.33. The molecule has 66 valence electrons. The largest absolute Gasteiger partial charge is 0.330 e. The summed E-state index contributed by atoms with van der Waals surface area (Å²) in [5.41, 5.74) is 7.27. The number of hydrogen-bond donors (Lipinski definition) is 2. The van der Waals surface area contributed by atoms with Crippen LogP contribution >= 0.6 is 0 Å². The van der Waals surface area contributed by atoms with Gasteiger partial charge in [-0.25, -0.2) is 0 Å². The smallest absolute Gasteiger partial charge is 0.0490 e. The lowest BCUT2D eigenvalue weighted by molar-refractivity contribution is 0.557. The van der Waals surface area contributed by atoms with Crippen molar-refractivity contribution in [1.29, 1.82) is 0 Å². The van der Waals surface area contributed by atoms with Gasteiger partial charge in [0, 0.05) is 17.8 Å². The highest BCUT2D eigenvalue weighted by atomic mass is 15.1. The highest BCUT2D eigenvalue weighted by Gasteiger charge is 2.57. The van der Waals surface area contributed by atoms with E-state index in [1.165, 1.54) is 5.69 Å². The quantitative estimate of drug-likeness (QED) is 0.689. The highest BCUT2D eigenvalue weighted by molar-refractivity contribution is 5.24. The Labute approximate surface area is 72.4 Å². The zero-order chi connectivity index (χ0) is 8.77. The molecule has 1 heterocycles. The molecule has 12 heavy (non-hydrogen) atoms. The number of nitrogens with zero attached hydrogens (tertiary/aromatic N) is 1. The number of nitrogens with one attached hydrogen (secondary N) is 1. The first-order valence-corrected chi connectivity index (χ1v) is 4.37. The monoisotopic (exact) mass is 165 g/mol. The Morgan fingerprint density at radius 1 is 1.67 bits per heavy atom. The minimum absolute atomic E-state index is 0.362. The minimum atomic E-state index is 0.362. The molecule has 0 saturated heterocycles. The van der Waals surface area contributed by atoms with E-state index in [-0.39, 0.29) is 0 Å². The van der Waals surface area contributed by atoms with Crippen molar-refractivity contribution in [3.8, 4) is 0 Å². The SMILES string of the molecule is CC1(C)[C@H](CN)[C@H]1c1ccn[nH]1. The molecule has 1 saturated carbocycles. The second-order valence-electron chi connectivity index (χ2n) is 4.15. The third kappa shape index (κ3) is 0.894. The molecular weight excluding hydrogens is 150 g/mol. The summed E-state index contributed by atoms with van der Waals surface area (Å²) >= 11 is 0. The molecule has 3 nitrogen and oxygen atoms in total. The summed E-state index contributed by atoms with van der Waals surface area (Å²) in [6.07, 6.45) is 1.80. The molecule has 0 unspecified atom stereocenters. The van der Waals surface area contributed by atoms with Crippen molar-refractivity contribution >= 4 is 0 Å². The molecule has 1 aromatic rings. The number of aromatic nitrogens is 2. The van der Waals surface area contributed by atoms with Gasteiger partial charge in [0.25, 0.3) is 0 Å². The van der Waals surface area contributed by atoms with Gasteiger partial charge < -0.3 is 5.73 Å². The summed E-state index contributed by atoms with van der Waals surface area (Å²) in [6, 6.07) is 2.04. The van der Waals surface area contributed by atoms with Crippen LogP contribution in [0.3, 0.4) is 0 Å². The van der Waals surface area contributed by atoms with Gasteiger partial charge in [-0.15, -0.1) is 0 Å². The van der Waals surface area contributed by atoms with E-state index in [0.29, 0.717) is 17.3 Å². The molecule has 1 fully saturated rings. The van der Waals surface area contributed by atoms with Crippen molar-refractivity contribution < 1.29 is 0 Å². The lowest BCUT2D eigenvalue weighted by Gasteiger charge is -1.98. The molecule has 0 aromatic carbocycles. The van der Waals surface area contributed by atoms with E-state index < -0.39 is 0 Å². The van der Waals surface area contributed by atoms with Crippen molar-refractivity contribution in [2.45, 2.75) is 19.8 Å². The number of hydrogen-bond acceptors (Lipinski definition) is 2. The van der Waals surface area contributed by atoms with E-state index in [1.54, 1.807) is 6.20 Å². The van der Waals surface area contributed by atoms with E-state index in [1.807, 2.05) is 6.07 Å². The Kier molecular flexibility index (Phi) is 1.51. The summed E-state index contributed by atoms with van der Waals surface area (Å²) in [7, 11) is 0. The van der Waals surface area contributed by atoms with Crippen LogP contribution in [0.4, 0.5) is 0 Å². The molecule has 0 aliphatic heterocycles. The maximum atomic E-state index is 5.67. The fourth-order valence-corrected chi connectivity index (χ4v) is 2.24. The first-order valence-electron chi connectivity index (χ1n) is 4.37. The lowest BCUT2D eigenvalue weighted by Crippen LogP contribution is -2.05. The van der Waals surface area contributed by atoms with Gasteiger partial charge in [-0.3, -0.25) is 5.10 Å². The van der Waals surface area contributed by atoms with Gasteiger partial charge >= 0.3 is 0 Å². The van der Waals surface area contributed by atoms with E-state index in [4.69, 9.17) is 5.73 Å². The van der Waals surface area contributed by atoms with Crippen LogP contribution in [0.2, 0.25) is 0 Å². The number of nitrogens with two attached hydrogens (primary N) is 1. The van der Waals surface area contributed by atoms with Gasteiger partial charge in [0.2, 0.25) is 0 Å². The molecule has 0 spiro atoms. The molecule has 1 aliphatic carbocycles. The van der Waals surface area contributed by atoms with Gasteiger partial charge in [-0.1, -0.05) is 13.8 Å². The average molecular weight is 165 g/mol. The molecule has 2 atom stereocenters. The van der Waals surface area contributed by atoms with Crippen LogP contribution in [0.25, 0.3) is 0 Å². The standard InChI is InChI=1S/C9H15N3/c1-9(2)6(5-10)8(9)7-3-4-11-12-7/h3-4,6,8H,5,10H2,1-2H3,(H,11,12)/t6-,8+/m1/s1. The third-order valence-electron chi connectivity index (χ3n) is 3.16. The predicted molar refractivity (Wildman–Crippen MR) is 47.7 cm³/mol. The van der Waals surface area contributed by atoms with Crippen LogP contribution in [0.1, 0.15) is 25.5 Å². The van der Waals surface area contributed by atoms with Crippen LogP contribution in [0, 0.1) is 11.3 Å². The van der Waals surface area contributed by atoms with E-state index in [2.05, 4.69) is 24.0 Å². The van der Waals surface area contributed by atoms with Gasteiger partial charge in [-0.2, -0.15) is 5.10 Å². The zero-order valence-corrected chi connectivity index (χ0v) is 7.54. The molecule has 0 amide bonds. The fraction of sp³-hybridized carbons (Fsp3) is 0.667. The van der Waals surface area contributed by atoms with Crippen LogP contribution < -0.4 is 5.73 Å². The van der Waals surface area contributed by atoms with Gasteiger partial charge in [0.15, 0.2) is 0 Å². The number of rotatable bonds is 2. The topological polar surface area (TPSA) is 54.7 Å². The molecule has 1 aromatic heterocycles. The van der Waals surface area contributed by atoms with Gasteiger partial charge in [0.1, 0.15) is 0 Å². The van der Waals surface area contributed by atoms with Crippen LogP contribution in [-0.4, -0.2) is 16.7 Å². The third-order valence-corrected chi connectivity index (χ3v) is 3.16. The van der Waals surface area contributed by atoms with Crippen LogP contribution in [0.5, 0.6) is 0 Å². The molecule has 0 bridgehead atoms. The van der Waals surface area contributed by atoms with Crippen molar-refractivity contribution in [1.82, 2.24) is 10.2 Å². The Hall–Kier alpha value is -0.830.